The van der Waals surface area contributed by atoms with Crippen molar-refractivity contribution in [3.05, 3.63) is 188 Å². The van der Waals surface area contributed by atoms with Crippen molar-refractivity contribution in [3.8, 4) is 55.9 Å². The van der Waals surface area contributed by atoms with Gasteiger partial charge in [0, 0.05) is 45.3 Å². The van der Waals surface area contributed by atoms with E-state index in [1.54, 1.807) is 0 Å². The van der Waals surface area contributed by atoms with Crippen LogP contribution >= 0.6 is 0 Å². The molecule has 0 unspecified atom stereocenters. The Balaban J connectivity index is 0.971. The van der Waals surface area contributed by atoms with E-state index in [2.05, 4.69) is 190 Å². The number of nitrogens with zero attached hydrogens (tertiary/aromatic N) is 3. The van der Waals surface area contributed by atoms with Crippen molar-refractivity contribution in [3.63, 3.8) is 0 Å². The van der Waals surface area contributed by atoms with Crippen molar-refractivity contribution in [2.24, 2.45) is 0 Å². The van der Waals surface area contributed by atoms with E-state index in [0.717, 1.165) is 22.3 Å². The van der Waals surface area contributed by atoms with E-state index in [9.17, 15) is 0 Å². The van der Waals surface area contributed by atoms with Crippen LogP contribution in [-0.2, 0) is 0 Å². The minimum absolute atomic E-state index is 1.15. The van der Waals surface area contributed by atoms with Crippen LogP contribution in [0.1, 0.15) is 0 Å². The molecule has 0 saturated carbocycles. The summed E-state index contributed by atoms with van der Waals surface area (Å²) in [7, 11) is 0. The number of fused-ring (bicyclic) bond motifs is 9. The number of benzene rings is 8. The molecule has 0 aliphatic heterocycles. The lowest BCUT2D eigenvalue weighted by Crippen LogP contribution is -1.94. The van der Waals surface area contributed by atoms with E-state index in [4.69, 9.17) is 0 Å². The van der Waals surface area contributed by atoms with Gasteiger partial charge < -0.3 is 9.13 Å². The lowest BCUT2D eigenvalue weighted by atomic mass is 9.94. The molecule has 3 aromatic heterocycles. The van der Waals surface area contributed by atoms with Gasteiger partial charge in [-0.1, -0.05) is 115 Å². The molecule has 11 aromatic rings. The van der Waals surface area contributed by atoms with Gasteiger partial charge in [-0.15, -0.1) is 0 Å². The van der Waals surface area contributed by atoms with E-state index in [-0.39, 0.29) is 0 Å². The van der Waals surface area contributed by atoms with Crippen molar-refractivity contribution in [1.29, 1.82) is 0 Å². The minimum atomic E-state index is 1.15. The van der Waals surface area contributed by atoms with Gasteiger partial charge in [-0.2, -0.15) is 0 Å². The quantitative estimate of drug-likeness (QED) is 0.181. The smallest absolute Gasteiger partial charge is 0.0571 e. The highest BCUT2D eigenvalue weighted by molar-refractivity contribution is 6.19. The minimum Gasteiger partial charge on any atom is -0.309 e. The van der Waals surface area contributed by atoms with Gasteiger partial charge >= 0.3 is 0 Å². The Morgan fingerprint density at radius 2 is 0.852 bits per heavy atom. The third-order valence-corrected chi connectivity index (χ3v) is 11.6. The van der Waals surface area contributed by atoms with Gasteiger partial charge in [-0.05, 0) is 116 Å². The normalized spacial score (nSPS) is 12.1. The molecule has 1 aliphatic rings. The molecule has 0 spiro atoms. The third kappa shape index (κ3) is 4.09. The summed E-state index contributed by atoms with van der Waals surface area (Å²) in [6, 6.07) is 64.5. The molecule has 1 aliphatic carbocycles. The van der Waals surface area contributed by atoms with Gasteiger partial charge in [0.25, 0.3) is 0 Å². The van der Waals surface area contributed by atoms with Gasteiger partial charge in [-0.25, -0.2) is 0 Å². The molecule has 3 heteroatoms. The summed E-state index contributed by atoms with van der Waals surface area (Å²) in [6.45, 7) is 0. The van der Waals surface area contributed by atoms with Crippen LogP contribution in [0.4, 0.5) is 0 Å². The Morgan fingerprint density at radius 3 is 1.61 bits per heavy atom. The maximum absolute atomic E-state index is 4.52. The molecule has 0 amide bonds. The molecule has 3 nitrogen and oxygen atoms in total. The fourth-order valence-corrected chi connectivity index (χ4v) is 9.18. The lowest BCUT2D eigenvalue weighted by Gasteiger charge is -2.12. The fraction of sp³-hybridized carbons (Fsp3) is 0. The predicted molar refractivity (Wildman–Crippen MR) is 226 cm³/mol. The van der Waals surface area contributed by atoms with Crippen molar-refractivity contribution in [2.75, 3.05) is 0 Å². The largest absolute Gasteiger partial charge is 0.309 e. The number of aromatic nitrogens is 3. The second-order valence-electron chi connectivity index (χ2n) is 14.4. The number of rotatable bonds is 4. The van der Waals surface area contributed by atoms with Gasteiger partial charge in [0.2, 0.25) is 0 Å². The zero-order valence-corrected chi connectivity index (χ0v) is 29.2. The maximum atomic E-state index is 4.52. The Morgan fingerprint density at radius 1 is 0.315 bits per heavy atom. The van der Waals surface area contributed by atoms with Gasteiger partial charge in [0.05, 0.1) is 22.1 Å². The molecule has 3 heterocycles. The molecule has 8 aromatic carbocycles. The molecule has 250 valence electrons. The van der Waals surface area contributed by atoms with E-state index in [1.165, 1.54) is 88.0 Å². The summed E-state index contributed by atoms with van der Waals surface area (Å²) in [5.41, 5.74) is 17.2. The van der Waals surface area contributed by atoms with Gasteiger partial charge in [-0.3, -0.25) is 4.98 Å². The average Bonchev–Trinajstić information content (AvgIpc) is 3.88. The second-order valence-corrected chi connectivity index (χ2v) is 14.4. The number of pyridine rings is 1. The van der Waals surface area contributed by atoms with E-state index < -0.39 is 0 Å². The molecule has 0 radical (unpaired) electrons. The summed E-state index contributed by atoms with van der Waals surface area (Å²) in [5.74, 6) is 0. The summed E-state index contributed by atoms with van der Waals surface area (Å²) in [5, 5.41) is 7.51. The van der Waals surface area contributed by atoms with Crippen LogP contribution in [0, 0.1) is 0 Å². The van der Waals surface area contributed by atoms with E-state index >= 15 is 0 Å². The molecule has 0 atom stereocenters. The monoisotopic (exact) mass is 685 g/mol. The van der Waals surface area contributed by atoms with Crippen LogP contribution in [0.15, 0.2) is 188 Å². The molecule has 0 bridgehead atoms. The predicted octanol–water partition coefficient (Wildman–Crippen LogP) is 13.4. The first kappa shape index (κ1) is 29.4. The first-order chi connectivity index (χ1) is 26.8. The summed E-state index contributed by atoms with van der Waals surface area (Å²) < 4.78 is 4.74. The summed E-state index contributed by atoms with van der Waals surface area (Å²) in [6.07, 6.45) is 3.87. The fourth-order valence-electron chi connectivity index (χ4n) is 9.18. The Hall–Kier alpha value is -7.23. The van der Waals surface area contributed by atoms with Crippen LogP contribution in [0.2, 0.25) is 0 Å². The highest BCUT2D eigenvalue weighted by atomic mass is 15.0. The van der Waals surface area contributed by atoms with Crippen LogP contribution in [-0.4, -0.2) is 14.1 Å². The highest BCUT2D eigenvalue weighted by Crippen LogP contribution is 2.49. The number of hydrogen-bond acceptors (Lipinski definition) is 1. The van der Waals surface area contributed by atoms with Crippen molar-refractivity contribution >= 4 is 54.4 Å². The third-order valence-electron chi connectivity index (χ3n) is 11.6. The summed E-state index contributed by atoms with van der Waals surface area (Å²) in [4.78, 5) is 4.52. The molecule has 0 saturated heterocycles. The molecule has 0 N–H and O–H groups in total. The second kappa shape index (κ2) is 11.1. The Bertz CT molecular complexity index is 3280. The molecular formula is C51H31N3. The first-order valence-electron chi connectivity index (χ1n) is 18.5. The van der Waals surface area contributed by atoms with Crippen molar-refractivity contribution in [1.82, 2.24) is 14.1 Å². The van der Waals surface area contributed by atoms with Crippen LogP contribution in [0.3, 0.4) is 0 Å². The van der Waals surface area contributed by atoms with Crippen molar-refractivity contribution < 1.29 is 0 Å². The number of hydrogen-bond donors (Lipinski definition) is 0. The summed E-state index contributed by atoms with van der Waals surface area (Å²) >= 11 is 0. The molecular weight excluding hydrogens is 655 g/mol. The zero-order chi connectivity index (χ0) is 35.3. The van der Waals surface area contributed by atoms with Crippen LogP contribution < -0.4 is 0 Å². The molecule has 0 fully saturated rings. The molecule has 54 heavy (non-hydrogen) atoms. The standard InChI is InChI=1S/C51H31N3/c1-2-9-35(10-3-1)53-49-26-20-34(30-45(49)46-31-52-28-27-50(46)53)33-19-25-48-44(29-33)40-13-6-7-16-47(40)54(48)36-21-17-32(18-22-36)37-23-24-43-39-12-5-4-11-38(39)42-15-8-14-41(37)51(42)43/h1-31H. The van der Waals surface area contributed by atoms with Crippen molar-refractivity contribution in [2.45, 2.75) is 0 Å². The van der Waals surface area contributed by atoms with Crippen LogP contribution in [0.5, 0.6) is 0 Å². The van der Waals surface area contributed by atoms with Gasteiger partial charge in [0.1, 0.15) is 0 Å². The van der Waals surface area contributed by atoms with Gasteiger partial charge in [0.15, 0.2) is 0 Å². The number of para-hydroxylation sites is 2. The lowest BCUT2D eigenvalue weighted by molar-refractivity contribution is 1.17. The Kier molecular flexibility index (Phi) is 6.05. The highest BCUT2D eigenvalue weighted by Gasteiger charge is 2.22. The first-order valence-corrected chi connectivity index (χ1v) is 18.5. The van der Waals surface area contributed by atoms with E-state index in [0.29, 0.717) is 0 Å². The maximum Gasteiger partial charge on any atom is 0.0571 e. The average molecular weight is 686 g/mol. The zero-order valence-electron chi connectivity index (χ0n) is 29.2. The SMILES string of the molecule is c1ccc(-n2c3ccncc3c3cc(-c4ccc5c(c4)c4ccccc4n5-c4ccc(-c5ccc6c7c(cccc57)-c5ccccc5-6)cc4)ccc32)cc1. The van der Waals surface area contributed by atoms with Crippen LogP contribution in [0.25, 0.3) is 110 Å². The van der Waals surface area contributed by atoms with E-state index in [1.807, 2.05) is 12.4 Å². The Labute approximate surface area is 311 Å². The topological polar surface area (TPSA) is 22.8 Å². The molecule has 12 rings (SSSR count).